The molecule has 1 amide bonds. The standard InChI is InChI=1S/C31H34FNO4/c1-21(2)25-10-7-23(8-11-25)18-31(3)19-26-15-24(9-12-28(26)37-31)17-29(34)33(20-30(35)36)14-13-22-5-4-6-27(32)16-22/h4-12,15-16,21H,13-14,17-20H2,1-3H3,(H,35,36)/t31-/m0/s1. The van der Waals surface area contributed by atoms with E-state index in [4.69, 9.17) is 4.74 Å². The number of ether oxygens (including phenoxy) is 1. The molecule has 0 unspecified atom stereocenters. The van der Waals surface area contributed by atoms with Crippen molar-refractivity contribution in [1.82, 2.24) is 4.90 Å². The Morgan fingerprint density at radius 3 is 2.43 bits per heavy atom. The molecule has 0 saturated carbocycles. The highest BCUT2D eigenvalue weighted by atomic mass is 19.1. The summed E-state index contributed by atoms with van der Waals surface area (Å²) in [7, 11) is 0. The topological polar surface area (TPSA) is 66.8 Å². The Morgan fingerprint density at radius 1 is 1.03 bits per heavy atom. The van der Waals surface area contributed by atoms with Crippen LogP contribution in [-0.2, 0) is 35.3 Å². The van der Waals surface area contributed by atoms with Crippen LogP contribution in [0.3, 0.4) is 0 Å². The van der Waals surface area contributed by atoms with Crippen LogP contribution >= 0.6 is 0 Å². The van der Waals surface area contributed by atoms with Crippen molar-refractivity contribution >= 4 is 11.9 Å². The van der Waals surface area contributed by atoms with Crippen molar-refractivity contribution in [1.29, 1.82) is 0 Å². The molecule has 5 nitrogen and oxygen atoms in total. The van der Waals surface area contributed by atoms with Gasteiger partial charge in [-0.25, -0.2) is 4.39 Å². The normalized spacial score (nSPS) is 16.4. The van der Waals surface area contributed by atoms with Gasteiger partial charge in [0.25, 0.3) is 0 Å². The van der Waals surface area contributed by atoms with E-state index in [1.807, 2.05) is 18.2 Å². The maximum atomic E-state index is 13.5. The summed E-state index contributed by atoms with van der Waals surface area (Å²) in [6, 6.07) is 20.6. The molecule has 3 aromatic rings. The second-order valence-corrected chi connectivity index (χ2v) is 10.5. The number of hydrogen-bond donors (Lipinski definition) is 1. The van der Waals surface area contributed by atoms with E-state index in [0.717, 1.165) is 35.3 Å². The van der Waals surface area contributed by atoms with Gasteiger partial charge in [0.2, 0.25) is 5.91 Å². The molecule has 4 rings (SSSR count). The monoisotopic (exact) mass is 503 g/mol. The highest BCUT2D eigenvalue weighted by molar-refractivity contribution is 5.83. The first-order valence-corrected chi connectivity index (χ1v) is 12.7. The summed E-state index contributed by atoms with van der Waals surface area (Å²) in [5, 5.41) is 9.32. The molecule has 0 saturated heterocycles. The summed E-state index contributed by atoms with van der Waals surface area (Å²) >= 11 is 0. The van der Waals surface area contributed by atoms with Crippen LogP contribution in [0.15, 0.2) is 66.7 Å². The van der Waals surface area contributed by atoms with Gasteiger partial charge in [0.1, 0.15) is 23.7 Å². The molecule has 0 bridgehead atoms. The van der Waals surface area contributed by atoms with Gasteiger partial charge in [0.15, 0.2) is 0 Å². The lowest BCUT2D eigenvalue weighted by Gasteiger charge is -2.24. The van der Waals surface area contributed by atoms with Crippen LogP contribution in [0.5, 0.6) is 5.75 Å². The summed E-state index contributed by atoms with van der Waals surface area (Å²) < 4.78 is 19.8. The second kappa shape index (κ2) is 11.2. The van der Waals surface area contributed by atoms with Crippen LogP contribution in [0.4, 0.5) is 4.39 Å². The highest BCUT2D eigenvalue weighted by Gasteiger charge is 2.35. The van der Waals surface area contributed by atoms with Crippen LogP contribution in [0.2, 0.25) is 0 Å². The van der Waals surface area contributed by atoms with Crippen LogP contribution in [0.25, 0.3) is 0 Å². The van der Waals surface area contributed by atoms with Crippen molar-refractivity contribution in [2.45, 2.75) is 58.0 Å². The lowest BCUT2D eigenvalue weighted by Crippen LogP contribution is -2.38. The van der Waals surface area contributed by atoms with Gasteiger partial charge in [0.05, 0.1) is 6.42 Å². The molecule has 0 spiro atoms. The quantitative estimate of drug-likeness (QED) is 0.392. The fraction of sp³-hybridized carbons (Fsp3) is 0.355. The molecule has 1 N–H and O–H groups in total. The van der Waals surface area contributed by atoms with Gasteiger partial charge in [-0.3, -0.25) is 9.59 Å². The Hall–Kier alpha value is -3.67. The number of carbonyl (C=O) groups is 2. The number of aliphatic carboxylic acids is 1. The van der Waals surface area contributed by atoms with Crippen molar-refractivity contribution in [3.63, 3.8) is 0 Å². The summed E-state index contributed by atoms with van der Waals surface area (Å²) in [6.45, 7) is 6.28. The number of carbonyl (C=O) groups excluding carboxylic acids is 1. The first-order chi connectivity index (χ1) is 17.6. The van der Waals surface area contributed by atoms with Crippen molar-refractivity contribution in [3.8, 4) is 5.75 Å². The van der Waals surface area contributed by atoms with Gasteiger partial charge < -0.3 is 14.7 Å². The molecule has 0 radical (unpaired) electrons. The third kappa shape index (κ3) is 6.97. The van der Waals surface area contributed by atoms with Gasteiger partial charge in [-0.15, -0.1) is 0 Å². The zero-order valence-electron chi connectivity index (χ0n) is 21.7. The lowest BCUT2D eigenvalue weighted by atomic mass is 9.90. The molecule has 3 aromatic carbocycles. The number of hydrogen-bond acceptors (Lipinski definition) is 3. The summed E-state index contributed by atoms with van der Waals surface area (Å²) in [6.07, 6.45) is 1.98. The summed E-state index contributed by atoms with van der Waals surface area (Å²) in [4.78, 5) is 25.7. The number of amides is 1. The minimum atomic E-state index is -1.08. The molecule has 1 aliphatic heterocycles. The number of nitrogens with zero attached hydrogens (tertiary/aromatic N) is 1. The largest absolute Gasteiger partial charge is 0.487 e. The molecule has 1 atom stereocenters. The Morgan fingerprint density at radius 2 is 1.76 bits per heavy atom. The molecule has 1 heterocycles. The molecule has 6 heteroatoms. The van der Waals surface area contributed by atoms with Crippen molar-refractivity contribution in [2.24, 2.45) is 0 Å². The van der Waals surface area contributed by atoms with Crippen molar-refractivity contribution in [2.75, 3.05) is 13.1 Å². The second-order valence-electron chi connectivity index (χ2n) is 10.5. The number of rotatable bonds is 10. The predicted molar refractivity (Wildman–Crippen MR) is 141 cm³/mol. The first-order valence-electron chi connectivity index (χ1n) is 12.7. The van der Waals surface area contributed by atoms with Crippen molar-refractivity contribution in [3.05, 3.63) is 100 Å². The molecule has 0 fully saturated rings. The minimum absolute atomic E-state index is 0.0943. The number of carboxylic acids is 1. The maximum absolute atomic E-state index is 13.5. The van der Waals surface area contributed by atoms with Gasteiger partial charge in [-0.05, 0) is 65.3 Å². The highest BCUT2D eigenvalue weighted by Crippen LogP contribution is 2.37. The average molecular weight is 504 g/mol. The lowest BCUT2D eigenvalue weighted by molar-refractivity contribution is -0.144. The van der Waals surface area contributed by atoms with Crippen LogP contribution in [-0.4, -0.2) is 40.6 Å². The Labute approximate surface area is 217 Å². The third-order valence-electron chi connectivity index (χ3n) is 6.86. The van der Waals surface area contributed by atoms with Gasteiger partial charge in [-0.2, -0.15) is 0 Å². The van der Waals surface area contributed by atoms with Gasteiger partial charge in [0, 0.05) is 19.4 Å². The van der Waals surface area contributed by atoms with Gasteiger partial charge in [-0.1, -0.05) is 62.4 Å². The number of fused-ring (bicyclic) bond motifs is 1. The fourth-order valence-corrected chi connectivity index (χ4v) is 4.93. The number of carboxylic acid groups (broad SMARTS) is 1. The SMILES string of the molecule is CC(C)c1ccc(C[C@@]2(C)Cc3cc(CC(=O)N(CCc4cccc(F)c4)CC(=O)O)ccc3O2)cc1. The Kier molecular flexibility index (Phi) is 7.96. The summed E-state index contributed by atoms with van der Waals surface area (Å²) in [5.41, 5.74) is 4.75. The third-order valence-corrected chi connectivity index (χ3v) is 6.86. The fourth-order valence-electron chi connectivity index (χ4n) is 4.93. The molecular weight excluding hydrogens is 469 g/mol. The molecular formula is C31H34FNO4. The molecule has 194 valence electrons. The number of halogens is 1. The van der Waals surface area contributed by atoms with E-state index in [1.54, 1.807) is 12.1 Å². The smallest absolute Gasteiger partial charge is 0.323 e. The molecule has 37 heavy (non-hydrogen) atoms. The van der Waals surface area contributed by atoms with E-state index in [1.165, 1.54) is 28.2 Å². The zero-order valence-corrected chi connectivity index (χ0v) is 21.7. The van der Waals surface area contributed by atoms with Crippen LogP contribution < -0.4 is 4.74 Å². The zero-order chi connectivity index (χ0) is 26.6. The molecule has 0 aliphatic carbocycles. The maximum Gasteiger partial charge on any atom is 0.323 e. The predicted octanol–water partition coefficient (Wildman–Crippen LogP) is 5.58. The summed E-state index contributed by atoms with van der Waals surface area (Å²) in [5.74, 6) is -0.386. The Bertz CT molecular complexity index is 1270. The molecule has 0 aromatic heterocycles. The van der Waals surface area contributed by atoms with Crippen LogP contribution in [0, 0.1) is 5.82 Å². The van der Waals surface area contributed by atoms with Crippen molar-refractivity contribution < 1.29 is 23.8 Å². The van der Waals surface area contributed by atoms with E-state index < -0.39 is 12.5 Å². The molecule has 1 aliphatic rings. The minimum Gasteiger partial charge on any atom is -0.487 e. The van der Waals surface area contributed by atoms with E-state index in [-0.39, 0.29) is 30.3 Å². The average Bonchev–Trinajstić information content (AvgIpc) is 3.16. The number of benzene rings is 3. The van der Waals surface area contributed by atoms with E-state index in [9.17, 15) is 19.1 Å². The van der Waals surface area contributed by atoms with E-state index in [0.29, 0.717) is 12.3 Å². The Balaban J connectivity index is 1.40. The van der Waals surface area contributed by atoms with E-state index >= 15 is 0 Å². The van der Waals surface area contributed by atoms with E-state index in [2.05, 4.69) is 45.0 Å². The first kappa shape index (κ1) is 26.4. The van der Waals surface area contributed by atoms with Gasteiger partial charge >= 0.3 is 5.97 Å². The van der Waals surface area contributed by atoms with Crippen LogP contribution in [0.1, 0.15) is 54.5 Å².